The summed E-state index contributed by atoms with van der Waals surface area (Å²) in [5.41, 5.74) is 3.70. The minimum absolute atomic E-state index is 0.297. The Morgan fingerprint density at radius 3 is 2.68 bits per heavy atom. The minimum atomic E-state index is 0.297. The summed E-state index contributed by atoms with van der Waals surface area (Å²) < 4.78 is 0. The summed E-state index contributed by atoms with van der Waals surface area (Å²) in [5, 5.41) is 6.44. The summed E-state index contributed by atoms with van der Waals surface area (Å²) in [5.74, 6) is 0. The molecule has 1 atom stereocenters. The Balaban J connectivity index is 2.25. The molecule has 0 radical (unpaired) electrons. The zero-order valence-corrected chi connectivity index (χ0v) is 13.2. The van der Waals surface area contributed by atoms with Crippen LogP contribution in [0.4, 0.5) is 0 Å². The number of aryl methyl sites for hydroxylation is 1. The molecule has 1 N–H and O–H groups in total. The molecule has 102 valence electrons. The van der Waals surface area contributed by atoms with E-state index in [9.17, 15) is 0 Å². The first-order chi connectivity index (χ1) is 9.13. The molecule has 1 aromatic carbocycles. The highest BCUT2D eigenvalue weighted by molar-refractivity contribution is 7.13. The van der Waals surface area contributed by atoms with Gasteiger partial charge in [0, 0.05) is 15.9 Å². The van der Waals surface area contributed by atoms with Gasteiger partial charge in [0.1, 0.15) is 0 Å². The van der Waals surface area contributed by atoms with Gasteiger partial charge in [-0.15, -0.1) is 11.3 Å². The summed E-state index contributed by atoms with van der Waals surface area (Å²) in [7, 11) is 0. The van der Waals surface area contributed by atoms with E-state index in [1.165, 1.54) is 21.6 Å². The number of thiophene rings is 1. The summed E-state index contributed by atoms with van der Waals surface area (Å²) in [6.45, 7) is 7.49. The monoisotopic (exact) mass is 293 g/mol. The van der Waals surface area contributed by atoms with E-state index in [0.717, 1.165) is 18.0 Å². The Morgan fingerprint density at radius 1 is 1.32 bits per heavy atom. The number of rotatable bonds is 5. The van der Waals surface area contributed by atoms with E-state index < -0.39 is 0 Å². The molecule has 0 saturated heterocycles. The largest absolute Gasteiger partial charge is 0.310 e. The number of hydrogen-bond acceptors (Lipinski definition) is 2. The molecular weight excluding hydrogens is 274 g/mol. The van der Waals surface area contributed by atoms with Crippen LogP contribution in [-0.4, -0.2) is 6.54 Å². The van der Waals surface area contributed by atoms with E-state index in [1.807, 2.05) is 0 Å². The van der Waals surface area contributed by atoms with E-state index in [1.54, 1.807) is 11.3 Å². The fraction of sp³-hybridized carbons (Fsp3) is 0.375. The van der Waals surface area contributed by atoms with Crippen LogP contribution >= 0.6 is 22.9 Å². The average molecular weight is 294 g/mol. The fourth-order valence-corrected chi connectivity index (χ4v) is 3.43. The van der Waals surface area contributed by atoms with Crippen LogP contribution in [0.2, 0.25) is 5.02 Å². The average Bonchev–Trinajstić information content (AvgIpc) is 2.82. The third-order valence-electron chi connectivity index (χ3n) is 3.29. The number of halogens is 1. The molecule has 3 heteroatoms. The third kappa shape index (κ3) is 3.38. The van der Waals surface area contributed by atoms with Gasteiger partial charge in [0.15, 0.2) is 0 Å². The molecule has 1 aromatic heterocycles. The minimum Gasteiger partial charge on any atom is -0.310 e. The lowest BCUT2D eigenvalue weighted by Gasteiger charge is -2.16. The number of nitrogens with one attached hydrogen (secondary N) is 1. The van der Waals surface area contributed by atoms with Crippen molar-refractivity contribution in [1.82, 2.24) is 5.32 Å². The van der Waals surface area contributed by atoms with Crippen LogP contribution in [0, 0.1) is 6.92 Å². The maximum Gasteiger partial charge on any atom is 0.0460 e. The highest BCUT2D eigenvalue weighted by Crippen LogP contribution is 2.33. The Morgan fingerprint density at radius 2 is 2.11 bits per heavy atom. The van der Waals surface area contributed by atoms with Crippen molar-refractivity contribution < 1.29 is 0 Å². The Bertz CT molecular complexity index is 547. The van der Waals surface area contributed by atoms with E-state index in [0.29, 0.717) is 6.04 Å². The molecule has 0 aliphatic heterocycles. The normalized spacial score (nSPS) is 12.6. The van der Waals surface area contributed by atoms with Crippen LogP contribution in [-0.2, 0) is 0 Å². The van der Waals surface area contributed by atoms with E-state index in [2.05, 4.69) is 55.7 Å². The van der Waals surface area contributed by atoms with Crippen molar-refractivity contribution in [2.24, 2.45) is 0 Å². The summed E-state index contributed by atoms with van der Waals surface area (Å²) >= 11 is 8.20. The molecule has 1 nitrogen and oxygen atoms in total. The Labute approximate surface area is 124 Å². The summed E-state index contributed by atoms with van der Waals surface area (Å²) in [4.78, 5) is 1.31. The molecule has 0 fully saturated rings. The van der Waals surface area contributed by atoms with Gasteiger partial charge >= 0.3 is 0 Å². The van der Waals surface area contributed by atoms with Crippen LogP contribution in [0.5, 0.6) is 0 Å². The predicted octanol–water partition coefficient (Wildman–Crippen LogP) is 5.44. The second-order valence-electron chi connectivity index (χ2n) is 4.84. The second kappa shape index (κ2) is 6.56. The van der Waals surface area contributed by atoms with Gasteiger partial charge in [0.05, 0.1) is 0 Å². The zero-order valence-electron chi connectivity index (χ0n) is 11.7. The molecule has 0 amide bonds. The van der Waals surface area contributed by atoms with Gasteiger partial charge in [0.2, 0.25) is 0 Å². The lowest BCUT2D eigenvalue weighted by Crippen LogP contribution is -2.19. The molecule has 0 aliphatic carbocycles. The van der Waals surface area contributed by atoms with Gasteiger partial charge in [-0.3, -0.25) is 0 Å². The molecule has 1 heterocycles. The van der Waals surface area contributed by atoms with Crippen LogP contribution in [0.25, 0.3) is 10.4 Å². The van der Waals surface area contributed by atoms with Crippen molar-refractivity contribution >= 4 is 22.9 Å². The maximum absolute atomic E-state index is 6.44. The van der Waals surface area contributed by atoms with Gasteiger partial charge in [-0.25, -0.2) is 0 Å². The van der Waals surface area contributed by atoms with E-state index >= 15 is 0 Å². The van der Waals surface area contributed by atoms with Gasteiger partial charge in [-0.1, -0.05) is 30.7 Å². The first-order valence-corrected chi connectivity index (χ1v) is 7.96. The smallest absolute Gasteiger partial charge is 0.0460 e. The predicted molar refractivity (Wildman–Crippen MR) is 86.2 cm³/mol. The van der Waals surface area contributed by atoms with Crippen molar-refractivity contribution in [2.75, 3.05) is 6.54 Å². The third-order valence-corrected chi connectivity index (χ3v) is 4.68. The molecule has 0 spiro atoms. The number of hydrogen-bond donors (Lipinski definition) is 1. The van der Waals surface area contributed by atoms with Crippen molar-refractivity contribution in [3.63, 3.8) is 0 Å². The number of benzene rings is 1. The molecule has 2 aromatic rings. The van der Waals surface area contributed by atoms with Crippen molar-refractivity contribution in [3.05, 3.63) is 45.8 Å². The van der Waals surface area contributed by atoms with Crippen LogP contribution in [0.3, 0.4) is 0 Å². The summed E-state index contributed by atoms with van der Waals surface area (Å²) in [6, 6.07) is 8.84. The quantitative estimate of drug-likeness (QED) is 0.774. The van der Waals surface area contributed by atoms with Crippen molar-refractivity contribution in [2.45, 2.75) is 33.2 Å². The lowest BCUT2D eigenvalue weighted by atomic mass is 10.0. The van der Waals surface area contributed by atoms with E-state index in [4.69, 9.17) is 11.6 Å². The van der Waals surface area contributed by atoms with Gasteiger partial charge in [-0.05, 0) is 61.0 Å². The van der Waals surface area contributed by atoms with E-state index in [-0.39, 0.29) is 0 Å². The second-order valence-corrected chi connectivity index (χ2v) is 6.17. The van der Waals surface area contributed by atoms with Crippen molar-refractivity contribution in [3.8, 4) is 10.4 Å². The Kier molecular flexibility index (Phi) is 5.03. The van der Waals surface area contributed by atoms with Crippen LogP contribution < -0.4 is 5.32 Å². The first kappa shape index (κ1) is 14.6. The molecular formula is C16H20ClNS. The highest BCUT2D eigenvalue weighted by atomic mass is 35.5. The molecule has 0 saturated carbocycles. The SMILES string of the molecule is CCCNC(C)c1ccc(-c2sccc2C)cc1Cl. The lowest BCUT2D eigenvalue weighted by molar-refractivity contribution is 0.571. The molecule has 0 aliphatic rings. The van der Waals surface area contributed by atoms with Gasteiger partial charge in [0.25, 0.3) is 0 Å². The highest BCUT2D eigenvalue weighted by Gasteiger charge is 2.11. The first-order valence-electron chi connectivity index (χ1n) is 6.70. The Hall–Kier alpha value is -0.830. The fourth-order valence-electron chi connectivity index (χ4n) is 2.16. The zero-order chi connectivity index (χ0) is 13.8. The van der Waals surface area contributed by atoms with Gasteiger partial charge < -0.3 is 5.32 Å². The molecule has 19 heavy (non-hydrogen) atoms. The topological polar surface area (TPSA) is 12.0 Å². The summed E-state index contributed by atoms with van der Waals surface area (Å²) in [6.07, 6.45) is 1.13. The standard InChI is InChI=1S/C16H20ClNS/c1-4-8-18-12(3)14-6-5-13(10-15(14)17)16-11(2)7-9-19-16/h5-7,9-10,12,18H,4,8H2,1-3H3. The van der Waals surface area contributed by atoms with Crippen LogP contribution in [0.1, 0.15) is 37.4 Å². The molecule has 2 rings (SSSR count). The van der Waals surface area contributed by atoms with Gasteiger partial charge in [-0.2, -0.15) is 0 Å². The molecule has 1 unspecified atom stereocenters. The van der Waals surface area contributed by atoms with Crippen molar-refractivity contribution in [1.29, 1.82) is 0 Å². The maximum atomic E-state index is 6.44. The van der Waals surface area contributed by atoms with Crippen LogP contribution in [0.15, 0.2) is 29.6 Å². The molecule has 0 bridgehead atoms.